The van der Waals surface area contributed by atoms with Crippen molar-refractivity contribution >= 4 is 20.2 Å². The molecular weight excluding hydrogens is 642 g/mol. The fourth-order valence-electron chi connectivity index (χ4n) is 4.25. The molecule has 0 unspecified atom stereocenters. The van der Waals surface area contributed by atoms with Gasteiger partial charge in [0, 0.05) is 0 Å². The van der Waals surface area contributed by atoms with Gasteiger partial charge in [-0.1, -0.05) is 41.5 Å². The average Bonchev–Trinajstić information content (AvgIpc) is 2.88. The van der Waals surface area contributed by atoms with Crippen molar-refractivity contribution in [3.05, 3.63) is 56.4 Å². The van der Waals surface area contributed by atoms with Crippen LogP contribution in [0.4, 0.5) is 26.3 Å². The maximum Gasteiger partial charge on any atom is 0.485 e. The normalized spacial score (nSPS) is 11.9. The van der Waals surface area contributed by atoms with Gasteiger partial charge < -0.3 is 9.11 Å². The molecule has 2 aromatic rings. The van der Waals surface area contributed by atoms with Crippen LogP contribution in [0.2, 0.25) is 0 Å². The van der Waals surface area contributed by atoms with Crippen molar-refractivity contribution in [2.24, 2.45) is 0 Å². The molecule has 0 spiro atoms. The molecule has 0 aliphatic heterocycles. The fraction of sp³-hybridized carbons (Fsp3) is 0.643. The second-order valence-corrected chi connectivity index (χ2v) is 12.0. The van der Waals surface area contributed by atoms with Gasteiger partial charge in [0.05, 0.1) is 47.9 Å². The molecule has 2 aromatic heterocycles. The van der Waals surface area contributed by atoms with E-state index in [4.69, 9.17) is 34.8 Å². The minimum Gasteiger partial charge on any atom is -0.741 e. The summed E-state index contributed by atoms with van der Waals surface area (Å²) in [6.45, 7) is 21.7. The van der Waals surface area contributed by atoms with Gasteiger partial charge in [0.25, 0.3) is 0 Å². The SMILES string of the molecule is CCc1[o+]c(CC)c(C)c(CC)c1C.CCc1[o+]c(CC)c(C)c(CC)c1C.O=S(=O)([O-])C(F)(F)F.O=S(=O)([O-])C(F)(F)F. The zero-order valence-corrected chi connectivity index (χ0v) is 28.2. The predicted octanol–water partition coefficient (Wildman–Crippen LogP) is 7.83. The first-order chi connectivity index (χ1) is 19.8. The van der Waals surface area contributed by atoms with Crippen LogP contribution in [0.25, 0.3) is 0 Å². The van der Waals surface area contributed by atoms with Gasteiger partial charge in [0.1, 0.15) is 0 Å². The number of aryl methyl sites for hydroxylation is 4. The van der Waals surface area contributed by atoms with Crippen LogP contribution in [0, 0.1) is 27.7 Å². The van der Waals surface area contributed by atoms with Crippen molar-refractivity contribution in [1.82, 2.24) is 0 Å². The molecule has 0 saturated carbocycles. The van der Waals surface area contributed by atoms with E-state index in [2.05, 4.69) is 69.2 Å². The highest BCUT2D eigenvalue weighted by Gasteiger charge is 2.37. The molecule has 0 atom stereocenters. The number of halogens is 6. The van der Waals surface area contributed by atoms with Crippen LogP contribution in [-0.4, -0.2) is 37.0 Å². The van der Waals surface area contributed by atoms with E-state index in [1.165, 1.54) is 33.4 Å². The average molecular weight is 685 g/mol. The lowest BCUT2D eigenvalue weighted by atomic mass is 9.98. The first kappa shape index (κ1) is 43.8. The highest BCUT2D eigenvalue weighted by atomic mass is 32.2. The highest BCUT2D eigenvalue weighted by Crippen LogP contribution is 2.25. The van der Waals surface area contributed by atoms with Gasteiger partial charge in [-0.05, 0) is 51.7 Å². The summed E-state index contributed by atoms with van der Waals surface area (Å²) in [5.41, 5.74) is -2.93. The molecule has 8 nitrogen and oxygen atoms in total. The summed E-state index contributed by atoms with van der Waals surface area (Å²) in [7, 11) is -12.2. The predicted molar refractivity (Wildman–Crippen MR) is 153 cm³/mol. The largest absolute Gasteiger partial charge is 0.741 e. The monoisotopic (exact) mass is 684 g/mol. The topological polar surface area (TPSA) is 137 Å². The summed E-state index contributed by atoms with van der Waals surface area (Å²) in [5.74, 6) is 4.63. The summed E-state index contributed by atoms with van der Waals surface area (Å²) >= 11 is 0. The highest BCUT2D eigenvalue weighted by molar-refractivity contribution is 7.86. The second kappa shape index (κ2) is 18.0. The molecule has 0 saturated heterocycles. The fourth-order valence-corrected chi connectivity index (χ4v) is 4.25. The van der Waals surface area contributed by atoms with Crippen molar-refractivity contribution in [2.75, 3.05) is 0 Å². The molecule has 16 heteroatoms. The van der Waals surface area contributed by atoms with Crippen molar-refractivity contribution in [3.63, 3.8) is 0 Å². The summed E-state index contributed by atoms with van der Waals surface area (Å²) < 4.78 is 130. The molecular formula is C28H42F6O8S2. The van der Waals surface area contributed by atoms with Crippen molar-refractivity contribution < 1.29 is 61.1 Å². The van der Waals surface area contributed by atoms with Crippen LogP contribution in [0.5, 0.6) is 0 Å². The molecule has 0 N–H and O–H groups in total. The van der Waals surface area contributed by atoms with Crippen LogP contribution in [0.3, 0.4) is 0 Å². The Kier molecular flexibility index (Phi) is 17.9. The number of rotatable bonds is 6. The smallest absolute Gasteiger partial charge is 0.485 e. The van der Waals surface area contributed by atoms with Crippen LogP contribution in [-0.2, 0) is 58.8 Å². The van der Waals surface area contributed by atoms with E-state index < -0.39 is 31.3 Å². The third-order valence-electron chi connectivity index (χ3n) is 6.54. The molecule has 256 valence electrons. The summed E-state index contributed by atoms with van der Waals surface area (Å²) in [5, 5.41) is 0. The Hall–Kier alpha value is -2.30. The number of alkyl halides is 6. The zero-order chi connectivity index (χ0) is 35.4. The molecule has 0 fully saturated rings. The van der Waals surface area contributed by atoms with E-state index in [0.29, 0.717) is 0 Å². The quantitative estimate of drug-likeness (QED) is 0.130. The number of hydrogen-bond donors (Lipinski definition) is 0. The Morgan fingerprint density at radius 1 is 0.477 bits per heavy atom. The first-order valence-corrected chi connectivity index (χ1v) is 16.5. The molecule has 0 radical (unpaired) electrons. The number of hydrogen-bond acceptors (Lipinski definition) is 6. The molecule has 2 rings (SSSR count). The zero-order valence-electron chi connectivity index (χ0n) is 26.6. The van der Waals surface area contributed by atoms with E-state index in [9.17, 15) is 26.3 Å². The van der Waals surface area contributed by atoms with Crippen LogP contribution < -0.4 is 0 Å². The van der Waals surface area contributed by atoms with Crippen LogP contribution >= 0.6 is 0 Å². The standard InChI is InChI=1S/2C13H21O.2CHF3O3S/c2*1-6-11-9(4)12(7-2)14-13(8-3)10(11)5;2*2-1(3,4)8(5,6)7/h2*6-8H2,1-5H3;2*(H,5,6,7)/q2*+1;;/p-2. The lowest BCUT2D eigenvalue weighted by Crippen LogP contribution is -2.21. The van der Waals surface area contributed by atoms with E-state index >= 15 is 0 Å². The van der Waals surface area contributed by atoms with Gasteiger partial charge in [0.2, 0.25) is 0 Å². The van der Waals surface area contributed by atoms with Gasteiger partial charge in [0.15, 0.2) is 20.2 Å². The maximum atomic E-state index is 10.7. The van der Waals surface area contributed by atoms with Gasteiger partial charge in [-0.15, -0.1) is 0 Å². The van der Waals surface area contributed by atoms with E-state index in [1.807, 2.05) is 0 Å². The van der Waals surface area contributed by atoms with Crippen LogP contribution in [0.15, 0.2) is 8.83 Å². The van der Waals surface area contributed by atoms with E-state index in [1.54, 1.807) is 0 Å². The van der Waals surface area contributed by atoms with Gasteiger partial charge >= 0.3 is 34.1 Å². The van der Waals surface area contributed by atoms with Gasteiger partial charge in [-0.3, -0.25) is 0 Å². The second-order valence-electron chi connectivity index (χ2n) is 9.27. The Morgan fingerprint density at radius 3 is 0.727 bits per heavy atom. The van der Waals surface area contributed by atoms with Crippen LogP contribution in [0.1, 0.15) is 98.0 Å². The Labute approximate surface area is 256 Å². The lowest BCUT2D eigenvalue weighted by molar-refractivity contribution is -0.0522. The maximum absolute atomic E-state index is 10.7. The minimum absolute atomic E-state index is 0.992. The van der Waals surface area contributed by atoms with Gasteiger partial charge in [-0.25, -0.2) is 25.7 Å². The molecule has 2 heterocycles. The van der Waals surface area contributed by atoms with Gasteiger partial charge in [-0.2, -0.15) is 26.3 Å². The molecule has 0 aliphatic carbocycles. The third kappa shape index (κ3) is 13.0. The minimum atomic E-state index is -6.09. The summed E-state index contributed by atoms with van der Waals surface area (Å²) in [4.78, 5) is 0. The summed E-state index contributed by atoms with van der Waals surface area (Å²) in [6, 6.07) is 0. The molecule has 0 aromatic carbocycles. The Morgan fingerprint density at radius 2 is 0.636 bits per heavy atom. The van der Waals surface area contributed by atoms with Crippen molar-refractivity contribution in [1.29, 1.82) is 0 Å². The van der Waals surface area contributed by atoms with E-state index in [0.717, 1.165) is 61.6 Å². The molecule has 0 amide bonds. The lowest BCUT2D eigenvalue weighted by Gasteiger charge is -2.08. The summed E-state index contributed by atoms with van der Waals surface area (Å²) in [6.07, 6.45) is 6.18. The molecule has 0 aliphatic rings. The first-order valence-electron chi connectivity index (χ1n) is 13.7. The van der Waals surface area contributed by atoms with Crippen molar-refractivity contribution in [3.8, 4) is 0 Å². The molecule has 44 heavy (non-hydrogen) atoms. The third-order valence-corrected chi connectivity index (χ3v) is 7.67. The Bertz CT molecular complexity index is 1270. The van der Waals surface area contributed by atoms with Crippen molar-refractivity contribution in [2.45, 2.75) is 119 Å². The Balaban J connectivity index is 0. The van der Waals surface area contributed by atoms with E-state index in [-0.39, 0.29) is 0 Å². The molecule has 0 bridgehead atoms.